The van der Waals surface area contributed by atoms with Crippen molar-refractivity contribution >= 4 is 21.8 Å². The van der Waals surface area contributed by atoms with Crippen molar-refractivity contribution in [3.63, 3.8) is 0 Å². The summed E-state index contributed by atoms with van der Waals surface area (Å²) >= 11 is 3.32. The first-order chi connectivity index (χ1) is 8.25. The lowest BCUT2D eigenvalue weighted by Crippen LogP contribution is -2.23. The maximum Gasteiger partial charge on any atom is 0.251 e. The molecule has 0 bridgehead atoms. The predicted octanol–water partition coefficient (Wildman–Crippen LogP) is 2.17. The van der Waals surface area contributed by atoms with Crippen molar-refractivity contribution in [3.05, 3.63) is 58.3 Å². The van der Waals surface area contributed by atoms with E-state index >= 15 is 0 Å². The molecule has 0 spiro atoms. The average molecular weight is 292 g/mol. The van der Waals surface area contributed by atoms with Crippen molar-refractivity contribution in [3.8, 4) is 0 Å². The van der Waals surface area contributed by atoms with Gasteiger partial charge in [-0.1, -0.05) is 22.0 Å². The molecule has 1 aromatic heterocycles. The molecule has 0 aliphatic heterocycles. The highest BCUT2D eigenvalue weighted by molar-refractivity contribution is 9.10. The molecule has 0 saturated carbocycles. The van der Waals surface area contributed by atoms with Gasteiger partial charge >= 0.3 is 0 Å². The van der Waals surface area contributed by atoms with Crippen LogP contribution < -0.4 is 5.32 Å². The first-order valence-corrected chi connectivity index (χ1v) is 5.85. The molecule has 0 aliphatic carbocycles. The summed E-state index contributed by atoms with van der Waals surface area (Å²) in [4.78, 5) is 11.8. The van der Waals surface area contributed by atoms with E-state index in [-0.39, 0.29) is 5.91 Å². The third-order valence-electron chi connectivity index (χ3n) is 2.14. The zero-order chi connectivity index (χ0) is 12.1. The fraction of sp³-hybridized carbons (Fsp3) is 0.0833. The fourth-order valence-electron chi connectivity index (χ4n) is 1.33. The van der Waals surface area contributed by atoms with E-state index in [0.29, 0.717) is 12.1 Å². The van der Waals surface area contributed by atoms with Crippen LogP contribution in [0.1, 0.15) is 16.1 Å². The van der Waals surface area contributed by atoms with E-state index in [1.165, 1.54) is 0 Å². The number of aromatic nitrogens is 2. The van der Waals surface area contributed by atoms with Gasteiger partial charge in [-0.3, -0.25) is 4.79 Å². The Morgan fingerprint density at radius 3 is 2.88 bits per heavy atom. The molecule has 4 nitrogen and oxygen atoms in total. The van der Waals surface area contributed by atoms with E-state index in [9.17, 15) is 4.79 Å². The summed E-state index contributed by atoms with van der Waals surface area (Å²) in [5.41, 5.74) is 1.35. The Kier molecular flexibility index (Phi) is 3.82. The number of hydrogen-bond acceptors (Lipinski definition) is 3. The fourth-order valence-corrected chi connectivity index (χ4v) is 1.73. The minimum Gasteiger partial charge on any atom is -0.346 e. The molecule has 5 heteroatoms. The average Bonchev–Trinajstić information content (AvgIpc) is 2.37. The first kappa shape index (κ1) is 11.7. The molecule has 0 fully saturated rings. The third-order valence-corrected chi connectivity index (χ3v) is 2.64. The number of rotatable bonds is 3. The van der Waals surface area contributed by atoms with E-state index in [2.05, 4.69) is 31.4 Å². The summed E-state index contributed by atoms with van der Waals surface area (Å²) in [6, 6.07) is 10.8. The lowest BCUT2D eigenvalue weighted by molar-refractivity contribution is 0.0950. The van der Waals surface area contributed by atoms with Crippen molar-refractivity contribution in [2.75, 3.05) is 0 Å². The zero-order valence-electron chi connectivity index (χ0n) is 8.93. The SMILES string of the molecule is O=C(NCc1cccnn1)c1cccc(Br)c1. The molecule has 17 heavy (non-hydrogen) atoms. The number of nitrogens with zero attached hydrogens (tertiary/aromatic N) is 2. The standard InChI is InChI=1S/C12H10BrN3O/c13-10-4-1-3-9(7-10)12(17)14-8-11-5-2-6-15-16-11/h1-7H,8H2,(H,14,17). The van der Waals surface area contributed by atoms with Crippen LogP contribution in [-0.2, 0) is 6.54 Å². The third kappa shape index (κ3) is 3.35. The summed E-state index contributed by atoms with van der Waals surface area (Å²) in [5, 5.41) is 10.4. The summed E-state index contributed by atoms with van der Waals surface area (Å²) in [6.45, 7) is 0.374. The normalized spacial score (nSPS) is 9.94. The van der Waals surface area contributed by atoms with E-state index in [4.69, 9.17) is 0 Å². The topological polar surface area (TPSA) is 54.9 Å². The number of benzene rings is 1. The Hall–Kier alpha value is -1.75. The van der Waals surface area contributed by atoms with Gasteiger partial charge in [0.1, 0.15) is 0 Å². The molecule has 0 atom stereocenters. The van der Waals surface area contributed by atoms with E-state index in [0.717, 1.165) is 10.2 Å². The van der Waals surface area contributed by atoms with Crippen LogP contribution in [0.25, 0.3) is 0 Å². The molecule has 86 valence electrons. The van der Waals surface area contributed by atoms with Crippen LogP contribution in [0.4, 0.5) is 0 Å². The van der Waals surface area contributed by atoms with Crippen molar-refractivity contribution in [2.24, 2.45) is 0 Å². The smallest absolute Gasteiger partial charge is 0.251 e. The second-order valence-electron chi connectivity index (χ2n) is 3.41. The van der Waals surface area contributed by atoms with Gasteiger partial charge < -0.3 is 5.32 Å². The van der Waals surface area contributed by atoms with Gasteiger partial charge in [0.05, 0.1) is 12.2 Å². The van der Waals surface area contributed by atoms with E-state index in [1.54, 1.807) is 24.4 Å². The molecule has 1 aromatic carbocycles. The molecule has 1 heterocycles. The number of halogens is 1. The Bertz CT molecular complexity index is 516. The Labute approximate surface area is 107 Å². The van der Waals surface area contributed by atoms with Gasteiger partial charge in [-0.15, -0.1) is 0 Å². The summed E-state index contributed by atoms with van der Waals surface area (Å²) in [7, 11) is 0. The molecular formula is C12H10BrN3O. The number of nitrogens with one attached hydrogen (secondary N) is 1. The Morgan fingerprint density at radius 1 is 1.29 bits per heavy atom. The minimum atomic E-state index is -0.128. The van der Waals surface area contributed by atoms with Crippen LogP contribution in [-0.4, -0.2) is 16.1 Å². The molecule has 0 aliphatic rings. The highest BCUT2D eigenvalue weighted by atomic mass is 79.9. The van der Waals surface area contributed by atoms with Crippen LogP contribution in [0.2, 0.25) is 0 Å². The van der Waals surface area contributed by atoms with Crippen molar-refractivity contribution in [2.45, 2.75) is 6.54 Å². The molecule has 2 rings (SSSR count). The molecule has 0 unspecified atom stereocenters. The zero-order valence-corrected chi connectivity index (χ0v) is 10.5. The Morgan fingerprint density at radius 2 is 2.18 bits per heavy atom. The van der Waals surface area contributed by atoms with Crippen LogP contribution >= 0.6 is 15.9 Å². The van der Waals surface area contributed by atoms with E-state index in [1.807, 2.05) is 18.2 Å². The summed E-state index contributed by atoms with van der Waals surface area (Å²) in [6.07, 6.45) is 1.60. The number of carbonyl (C=O) groups excluding carboxylic acids is 1. The second kappa shape index (κ2) is 5.54. The summed E-state index contributed by atoms with van der Waals surface area (Å²) < 4.78 is 0.879. The Balaban J connectivity index is 1.98. The van der Waals surface area contributed by atoms with E-state index < -0.39 is 0 Å². The first-order valence-electron chi connectivity index (χ1n) is 5.06. The number of hydrogen-bond donors (Lipinski definition) is 1. The van der Waals surface area contributed by atoms with Crippen molar-refractivity contribution in [1.82, 2.24) is 15.5 Å². The molecule has 2 aromatic rings. The molecule has 0 radical (unpaired) electrons. The lowest BCUT2D eigenvalue weighted by atomic mass is 10.2. The van der Waals surface area contributed by atoms with Gasteiger partial charge in [-0.05, 0) is 30.3 Å². The van der Waals surface area contributed by atoms with Crippen LogP contribution in [0.3, 0.4) is 0 Å². The van der Waals surface area contributed by atoms with Crippen LogP contribution in [0, 0.1) is 0 Å². The largest absolute Gasteiger partial charge is 0.346 e. The minimum absolute atomic E-state index is 0.128. The highest BCUT2D eigenvalue weighted by Crippen LogP contribution is 2.11. The van der Waals surface area contributed by atoms with Crippen LogP contribution in [0.5, 0.6) is 0 Å². The maximum absolute atomic E-state index is 11.8. The lowest BCUT2D eigenvalue weighted by Gasteiger charge is -2.04. The summed E-state index contributed by atoms with van der Waals surface area (Å²) in [5.74, 6) is -0.128. The van der Waals surface area contributed by atoms with Gasteiger partial charge in [0, 0.05) is 16.2 Å². The van der Waals surface area contributed by atoms with Gasteiger partial charge in [0.15, 0.2) is 0 Å². The quantitative estimate of drug-likeness (QED) is 0.943. The maximum atomic E-state index is 11.8. The number of amides is 1. The van der Waals surface area contributed by atoms with Crippen LogP contribution in [0.15, 0.2) is 47.1 Å². The molecular weight excluding hydrogens is 282 g/mol. The molecule has 1 N–H and O–H groups in total. The number of carbonyl (C=O) groups is 1. The van der Waals surface area contributed by atoms with Gasteiger partial charge in [0.25, 0.3) is 5.91 Å². The van der Waals surface area contributed by atoms with Crippen molar-refractivity contribution < 1.29 is 4.79 Å². The van der Waals surface area contributed by atoms with Gasteiger partial charge in [0.2, 0.25) is 0 Å². The van der Waals surface area contributed by atoms with Gasteiger partial charge in [-0.2, -0.15) is 10.2 Å². The van der Waals surface area contributed by atoms with Gasteiger partial charge in [-0.25, -0.2) is 0 Å². The van der Waals surface area contributed by atoms with Crippen molar-refractivity contribution in [1.29, 1.82) is 0 Å². The second-order valence-corrected chi connectivity index (χ2v) is 4.32. The molecule has 1 amide bonds. The predicted molar refractivity (Wildman–Crippen MR) is 67.3 cm³/mol. The molecule has 0 saturated heterocycles. The monoisotopic (exact) mass is 291 g/mol. The highest BCUT2D eigenvalue weighted by Gasteiger charge is 2.05.